The molecule has 0 amide bonds. The molecule has 1 aliphatic heterocycles. The van der Waals surface area contributed by atoms with Crippen molar-refractivity contribution in [2.75, 3.05) is 6.61 Å². The molecule has 0 saturated heterocycles. The second-order valence-electron chi connectivity index (χ2n) is 1.45. The molecule has 0 aromatic rings. The van der Waals surface area contributed by atoms with Crippen LogP contribution in [0.2, 0.25) is 0 Å². The molecule has 0 aliphatic carbocycles. The van der Waals surface area contributed by atoms with Crippen LogP contribution < -0.4 is 0 Å². The molecule has 0 unspecified atom stereocenters. The summed E-state index contributed by atoms with van der Waals surface area (Å²) >= 11 is 0. The molecule has 0 spiro atoms. The van der Waals surface area contributed by atoms with Gasteiger partial charge in [0, 0.05) is 6.42 Å². The van der Waals surface area contributed by atoms with Crippen LogP contribution in [0.1, 0.15) is 14.8 Å². The molecule has 0 fully saturated rings. The highest BCUT2D eigenvalue weighted by atomic mass is 16.5. The third-order valence-corrected chi connectivity index (χ3v) is 0.879. The van der Waals surface area contributed by atoms with Gasteiger partial charge in [-0.2, -0.15) is 0 Å². The smallest absolute Gasteiger partial charge is 0.498 e. The van der Waals surface area contributed by atoms with Crippen molar-refractivity contribution in [3.05, 3.63) is 11.8 Å². The number of allylic oxidation sites excluding steroid dienone is 1. The highest BCUT2D eigenvalue weighted by Crippen LogP contribution is 2.05. The zero-order valence-corrected chi connectivity index (χ0v) is 3.90. The summed E-state index contributed by atoms with van der Waals surface area (Å²) in [6, 6.07) is 0. The van der Waals surface area contributed by atoms with E-state index in [2.05, 4.69) is 6.08 Å². The monoisotopic (exact) mass is 85.1 g/mol. The quantitative estimate of drug-likeness (QED) is 0.432. The molecule has 1 nitrogen and oxygen atoms in total. The van der Waals surface area contributed by atoms with E-state index in [4.69, 9.17) is 4.74 Å². The van der Waals surface area contributed by atoms with Crippen molar-refractivity contribution in [2.24, 2.45) is 0 Å². The zero-order chi connectivity index (χ0) is 4.41. The lowest BCUT2D eigenvalue weighted by atomic mass is 10.4. The van der Waals surface area contributed by atoms with Crippen LogP contribution in [0.4, 0.5) is 0 Å². The lowest BCUT2D eigenvalue weighted by Gasteiger charge is -1.89. The van der Waals surface area contributed by atoms with Gasteiger partial charge in [0.2, 0.25) is 0 Å². The van der Waals surface area contributed by atoms with E-state index in [0.717, 1.165) is 18.8 Å². The fraction of sp³-hybridized carbons (Fsp3) is 0.600. The van der Waals surface area contributed by atoms with Gasteiger partial charge in [0.15, 0.2) is 0 Å². The number of hydrogen-bond donors (Lipinski definition) is 0. The van der Waals surface area contributed by atoms with Crippen LogP contribution >= 0.6 is 0 Å². The highest BCUT2D eigenvalue weighted by Gasteiger charge is 1.94. The first-order chi connectivity index (χ1) is 2.89. The minimum Gasteiger partial charge on any atom is -0.498 e. The van der Waals surface area contributed by atoms with E-state index in [1.807, 2.05) is 6.92 Å². The maximum absolute atomic E-state index is 5.01. The molecule has 0 bridgehead atoms. The summed E-state index contributed by atoms with van der Waals surface area (Å²) in [5, 5.41) is 0. The van der Waals surface area contributed by atoms with Gasteiger partial charge >= 0.3 is 1.43 Å². The van der Waals surface area contributed by atoms with Crippen LogP contribution in [0.5, 0.6) is 0 Å². The van der Waals surface area contributed by atoms with Gasteiger partial charge in [0.25, 0.3) is 0 Å². The Morgan fingerprint density at radius 3 is 3.00 bits per heavy atom. The van der Waals surface area contributed by atoms with Crippen LogP contribution in [-0.4, -0.2) is 6.61 Å². The fourth-order valence-corrected chi connectivity index (χ4v) is 0.541. The molecule has 1 rings (SSSR count). The van der Waals surface area contributed by atoms with Gasteiger partial charge in [-0.05, 0) is 13.0 Å². The second kappa shape index (κ2) is 1.33. The molecule has 0 aromatic heterocycles. The third kappa shape index (κ3) is 0.534. The molecule has 6 heavy (non-hydrogen) atoms. The van der Waals surface area contributed by atoms with Gasteiger partial charge in [0.1, 0.15) is 0 Å². The lowest BCUT2D eigenvalue weighted by Crippen LogP contribution is -1.76. The maximum atomic E-state index is 5.01. The molecule has 0 saturated carbocycles. The average Bonchev–Trinajstić information content (AvgIpc) is 1.86. The SMILES string of the molecule is CC1=CCCO1.[H+]. The molecular formula is C5H9O+. The summed E-state index contributed by atoms with van der Waals surface area (Å²) in [7, 11) is 0. The maximum Gasteiger partial charge on any atom is 1.00 e. The normalized spacial score (nSPS) is 19.8. The topological polar surface area (TPSA) is 9.23 Å². The Morgan fingerprint density at radius 2 is 2.83 bits per heavy atom. The van der Waals surface area contributed by atoms with E-state index in [0.29, 0.717) is 0 Å². The molecule has 1 heteroatoms. The fourth-order valence-electron chi connectivity index (χ4n) is 0.541. The summed E-state index contributed by atoms with van der Waals surface area (Å²) in [6.45, 7) is 2.87. The number of hydrogen-bond acceptors (Lipinski definition) is 1. The van der Waals surface area contributed by atoms with E-state index in [-0.39, 0.29) is 1.43 Å². The van der Waals surface area contributed by atoms with Crippen LogP contribution in [0.3, 0.4) is 0 Å². The van der Waals surface area contributed by atoms with Crippen LogP contribution in [-0.2, 0) is 4.74 Å². The van der Waals surface area contributed by atoms with Crippen molar-refractivity contribution in [3.8, 4) is 0 Å². The van der Waals surface area contributed by atoms with Gasteiger partial charge in [-0.15, -0.1) is 0 Å². The standard InChI is InChI=1S/C5H8O/c1-5-3-2-4-6-5/h3H,2,4H2,1H3/p+1. The Hall–Kier alpha value is -0.460. The second-order valence-corrected chi connectivity index (χ2v) is 1.45. The van der Waals surface area contributed by atoms with Crippen LogP contribution in [0, 0.1) is 0 Å². The van der Waals surface area contributed by atoms with Crippen LogP contribution in [0.15, 0.2) is 11.8 Å². The van der Waals surface area contributed by atoms with Crippen molar-refractivity contribution in [1.29, 1.82) is 0 Å². The molecule has 0 aromatic carbocycles. The first kappa shape index (κ1) is 3.72. The summed E-state index contributed by atoms with van der Waals surface area (Å²) < 4.78 is 5.01. The third-order valence-electron chi connectivity index (χ3n) is 0.879. The Kier molecular flexibility index (Phi) is 0.825. The van der Waals surface area contributed by atoms with Crippen molar-refractivity contribution in [2.45, 2.75) is 13.3 Å². The van der Waals surface area contributed by atoms with Gasteiger partial charge in [-0.3, -0.25) is 0 Å². The van der Waals surface area contributed by atoms with Crippen molar-refractivity contribution in [3.63, 3.8) is 0 Å². The van der Waals surface area contributed by atoms with E-state index >= 15 is 0 Å². The molecule has 34 valence electrons. The predicted molar refractivity (Wildman–Crippen MR) is 25.4 cm³/mol. The summed E-state index contributed by atoms with van der Waals surface area (Å²) in [5.74, 6) is 1.08. The largest absolute Gasteiger partial charge is 1.00 e. The minimum absolute atomic E-state index is 0. The molecule has 1 aliphatic rings. The van der Waals surface area contributed by atoms with Gasteiger partial charge < -0.3 is 4.74 Å². The Morgan fingerprint density at radius 1 is 2.00 bits per heavy atom. The number of rotatable bonds is 0. The van der Waals surface area contributed by atoms with Gasteiger partial charge in [-0.1, -0.05) is 0 Å². The van der Waals surface area contributed by atoms with Gasteiger partial charge in [0.05, 0.1) is 12.4 Å². The molecular weight excluding hydrogens is 76.1 g/mol. The first-order valence-electron chi connectivity index (χ1n) is 2.19. The Labute approximate surface area is 39.1 Å². The summed E-state index contributed by atoms with van der Waals surface area (Å²) in [4.78, 5) is 0. The average molecular weight is 85.1 g/mol. The Bertz CT molecular complexity index is 78.1. The van der Waals surface area contributed by atoms with Gasteiger partial charge in [-0.25, -0.2) is 0 Å². The minimum atomic E-state index is 0. The lowest BCUT2D eigenvalue weighted by molar-refractivity contribution is 0.247. The van der Waals surface area contributed by atoms with Crippen molar-refractivity contribution in [1.82, 2.24) is 0 Å². The molecule has 0 atom stereocenters. The summed E-state index contributed by atoms with van der Waals surface area (Å²) in [5.41, 5.74) is 0. The molecule has 0 radical (unpaired) electrons. The summed E-state index contributed by atoms with van der Waals surface area (Å²) in [6.07, 6.45) is 3.20. The number of ether oxygens (including phenoxy) is 1. The van der Waals surface area contributed by atoms with Crippen LogP contribution in [0.25, 0.3) is 0 Å². The first-order valence-corrected chi connectivity index (χ1v) is 2.19. The Balaban J connectivity index is 0.000000360. The van der Waals surface area contributed by atoms with E-state index in [1.54, 1.807) is 0 Å². The molecule has 0 N–H and O–H groups in total. The van der Waals surface area contributed by atoms with E-state index < -0.39 is 0 Å². The highest BCUT2D eigenvalue weighted by molar-refractivity contribution is 4.92. The van der Waals surface area contributed by atoms with Crippen molar-refractivity contribution < 1.29 is 6.16 Å². The van der Waals surface area contributed by atoms with Crippen molar-refractivity contribution >= 4 is 0 Å². The van der Waals surface area contributed by atoms with E-state index in [9.17, 15) is 0 Å². The molecule has 1 heterocycles. The van der Waals surface area contributed by atoms with E-state index in [1.165, 1.54) is 0 Å². The zero-order valence-electron chi connectivity index (χ0n) is 4.90. The predicted octanol–water partition coefficient (Wildman–Crippen LogP) is 1.42.